The van der Waals surface area contributed by atoms with Crippen LogP contribution in [0.25, 0.3) is 16.0 Å². The van der Waals surface area contributed by atoms with Gasteiger partial charge in [0.1, 0.15) is 5.75 Å². The van der Waals surface area contributed by atoms with E-state index in [0.717, 1.165) is 11.1 Å². The number of phenols is 1. The first-order valence-electron chi connectivity index (χ1n) is 4.67. The molecule has 0 fully saturated rings. The Bertz CT molecular complexity index is 555. The maximum atomic E-state index is 9.24. The van der Waals surface area contributed by atoms with Crippen molar-refractivity contribution in [2.45, 2.75) is 0 Å². The standard InChI is InChI=1S/C13H8ClNO/c1-15-10-4-2-9(3-5-10)12-7-6-11(16)8-13(12)14/h2-8,16H. The van der Waals surface area contributed by atoms with Crippen molar-refractivity contribution in [3.05, 3.63) is 58.9 Å². The molecule has 0 amide bonds. The van der Waals surface area contributed by atoms with Crippen molar-refractivity contribution in [2.24, 2.45) is 0 Å². The van der Waals surface area contributed by atoms with Crippen LogP contribution in [0.1, 0.15) is 0 Å². The fourth-order valence-electron chi connectivity index (χ4n) is 1.45. The normalized spacial score (nSPS) is 9.75. The lowest BCUT2D eigenvalue weighted by molar-refractivity contribution is 0.475. The third-order valence-corrected chi connectivity index (χ3v) is 2.57. The van der Waals surface area contributed by atoms with Gasteiger partial charge >= 0.3 is 0 Å². The summed E-state index contributed by atoms with van der Waals surface area (Å²) in [4.78, 5) is 3.32. The van der Waals surface area contributed by atoms with Gasteiger partial charge in [0.25, 0.3) is 0 Å². The van der Waals surface area contributed by atoms with E-state index >= 15 is 0 Å². The highest BCUT2D eigenvalue weighted by atomic mass is 35.5. The summed E-state index contributed by atoms with van der Waals surface area (Å²) < 4.78 is 0. The first-order chi connectivity index (χ1) is 7.70. The summed E-state index contributed by atoms with van der Waals surface area (Å²) in [6, 6.07) is 12.0. The predicted octanol–water partition coefficient (Wildman–Crippen LogP) is 4.26. The smallest absolute Gasteiger partial charge is 0.187 e. The summed E-state index contributed by atoms with van der Waals surface area (Å²) in [6.45, 7) is 6.86. The van der Waals surface area contributed by atoms with Crippen molar-refractivity contribution >= 4 is 17.3 Å². The largest absolute Gasteiger partial charge is 0.508 e. The maximum absolute atomic E-state index is 9.24. The van der Waals surface area contributed by atoms with Crippen LogP contribution < -0.4 is 0 Å². The van der Waals surface area contributed by atoms with Crippen molar-refractivity contribution in [3.63, 3.8) is 0 Å². The van der Waals surface area contributed by atoms with E-state index in [1.165, 1.54) is 6.07 Å². The summed E-state index contributed by atoms with van der Waals surface area (Å²) in [6.07, 6.45) is 0. The van der Waals surface area contributed by atoms with E-state index in [2.05, 4.69) is 4.85 Å². The van der Waals surface area contributed by atoms with E-state index in [1.54, 1.807) is 24.3 Å². The monoisotopic (exact) mass is 229 g/mol. The molecule has 78 valence electrons. The molecule has 2 aromatic carbocycles. The average Bonchev–Trinajstić information content (AvgIpc) is 2.29. The molecular weight excluding hydrogens is 222 g/mol. The number of benzene rings is 2. The maximum Gasteiger partial charge on any atom is 0.187 e. The molecule has 2 rings (SSSR count). The Morgan fingerprint density at radius 3 is 2.31 bits per heavy atom. The molecule has 16 heavy (non-hydrogen) atoms. The van der Waals surface area contributed by atoms with Crippen molar-refractivity contribution in [2.75, 3.05) is 0 Å². The van der Waals surface area contributed by atoms with Gasteiger partial charge in [-0.25, -0.2) is 4.85 Å². The SMILES string of the molecule is [C-]#[N+]c1ccc(-c2ccc(O)cc2Cl)cc1. The van der Waals surface area contributed by atoms with Crippen LogP contribution in [0, 0.1) is 6.57 Å². The number of nitrogens with zero attached hydrogens (tertiary/aromatic N) is 1. The van der Waals surface area contributed by atoms with Crippen LogP contribution in [-0.4, -0.2) is 5.11 Å². The molecule has 0 aromatic heterocycles. The van der Waals surface area contributed by atoms with Crippen molar-refractivity contribution in [1.82, 2.24) is 0 Å². The molecule has 0 radical (unpaired) electrons. The van der Waals surface area contributed by atoms with E-state index in [-0.39, 0.29) is 5.75 Å². The fraction of sp³-hybridized carbons (Fsp3) is 0. The lowest BCUT2D eigenvalue weighted by Crippen LogP contribution is -1.78. The van der Waals surface area contributed by atoms with Gasteiger partial charge in [-0.05, 0) is 23.8 Å². The zero-order valence-corrected chi connectivity index (χ0v) is 9.07. The quantitative estimate of drug-likeness (QED) is 0.726. The Hall–Kier alpha value is -1.98. The van der Waals surface area contributed by atoms with Gasteiger partial charge in [-0.1, -0.05) is 35.9 Å². The molecule has 0 heterocycles. The van der Waals surface area contributed by atoms with Crippen molar-refractivity contribution in [3.8, 4) is 16.9 Å². The third-order valence-electron chi connectivity index (χ3n) is 2.26. The predicted molar refractivity (Wildman–Crippen MR) is 64.8 cm³/mol. The fourth-order valence-corrected chi connectivity index (χ4v) is 1.74. The van der Waals surface area contributed by atoms with Gasteiger partial charge in [0, 0.05) is 5.56 Å². The Morgan fingerprint density at radius 2 is 1.75 bits per heavy atom. The van der Waals surface area contributed by atoms with Gasteiger partial charge in [-0.3, -0.25) is 0 Å². The number of aromatic hydroxyl groups is 1. The zero-order chi connectivity index (χ0) is 11.5. The van der Waals surface area contributed by atoms with Crippen LogP contribution in [0.2, 0.25) is 5.02 Å². The van der Waals surface area contributed by atoms with Gasteiger partial charge in [0.05, 0.1) is 11.6 Å². The first-order valence-corrected chi connectivity index (χ1v) is 5.05. The molecule has 3 heteroatoms. The molecule has 0 spiro atoms. The highest BCUT2D eigenvalue weighted by Crippen LogP contribution is 2.31. The van der Waals surface area contributed by atoms with Crippen LogP contribution in [0.3, 0.4) is 0 Å². The van der Waals surface area contributed by atoms with Crippen LogP contribution in [0.5, 0.6) is 5.75 Å². The lowest BCUT2D eigenvalue weighted by atomic mass is 10.1. The van der Waals surface area contributed by atoms with E-state index in [0.29, 0.717) is 10.7 Å². The van der Waals surface area contributed by atoms with E-state index in [1.807, 2.05) is 12.1 Å². The van der Waals surface area contributed by atoms with E-state index in [9.17, 15) is 5.11 Å². The molecule has 0 saturated carbocycles. The van der Waals surface area contributed by atoms with Crippen LogP contribution in [-0.2, 0) is 0 Å². The molecule has 0 atom stereocenters. The molecule has 1 N–H and O–H groups in total. The van der Waals surface area contributed by atoms with Crippen molar-refractivity contribution in [1.29, 1.82) is 0 Å². The third kappa shape index (κ3) is 2.00. The Morgan fingerprint density at radius 1 is 1.06 bits per heavy atom. The van der Waals surface area contributed by atoms with Crippen LogP contribution in [0.15, 0.2) is 42.5 Å². The lowest BCUT2D eigenvalue weighted by Gasteiger charge is -2.04. The van der Waals surface area contributed by atoms with Crippen LogP contribution in [0.4, 0.5) is 5.69 Å². The molecule has 0 saturated heterocycles. The average molecular weight is 230 g/mol. The Balaban J connectivity index is 2.47. The Kier molecular flexibility index (Phi) is 2.80. The summed E-state index contributed by atoms with van der Waals surface area (Å²) in [7, 11) is 0. The number of hydrogen-bond donors (Lipinski definition) is 1. The van der Waals surface area contributed by atoms with Crippen LogP contribution >= 0.6 is 11.6 Å². The van der Waals surface area contributed by atoms with Gasteiger partial charge in [0.15, 0.2) is 5.69 Å². The molecule has 0 bridgehead atoms. The van der Waals surface area contributed by atoms with Gasteiger partial charge in [0.2, 0.25) is 0 Å². The minimum absolute atomic E-state index is 0.145. The second-order valence-corrected chi connectivity index (χ2v) is 3.73. The topological polar surface area (TPSA) is 24.6 Å². The number of rotatable bonds is 1. The summed E-state index contributed by atoms with van der Waals surface area (Å²) in [5.74, 6) is 0.145. The zero-order valence-electron chi connectivity index (χ0n) is 8.31. The van der Waals surface area contributed by atoms with Gasteiger partial charge in [-0.15, -0.1) is 0 Å². The second kappa shape index (κ2) is 4.26. The summed E-state index contributed by atoms with van der Waals surface area (Å²) in [5.41, 5.74) is 2.37. The summed E-state index contributed by atoms with van der Waals surface area (Å²) in [5, 5.41) is 9.74. The van der Waals surface area contributed by atoms with Gasteiger partial charge in [-0.2, -0.15) is 0 Å². The van der Waals surface area contributed by atoms with E-state index in [4.69, 9.17) is 18.2 Å². The highest BCUT2D eigenvalue weighted by molar-refractivity contribution is 6.33. The molecule has 0 unspecified atom stereocenters. The highest BCUT2D eigenvalue weighted by Gasteiger charge is 2.04. The van der Waals surface area contributed by atoms with Gasteiger partial charge < -0.3 is 5.11 Å². The molecule has 0 aliphatic heterocycles. The minimum atomic E-state index is 0.145. The number of halogens is 1. The minimum Gasteiger partial charge on any atom is -0.508 e. The Labute approximate surface area is 98.6 Å². The molecule has 0 aliphatic rings. The molecule has 0 aliphatic carbocycles. The molecule has 2 nitrogen and oxygen atoms in total. The molecule has 2 aromatic rings. The molecular formula is C13H8ClNO. The van der Waals surface area contributed by atoms with E-state index < -0.39 is 0 Å². The number of phenolic OH excluding ortho intramolecular Hbond substituents is 1. The first kappa shape index (κ1) is 10.5. The second-order valence-electron chi connectivity index (χ2n) is 3.32. The van der Waals surface area contributed by atoms with Crippen molar-refractivity contribution < 1.29 is 5.11 Å². The summed E-state index contributed by atoms with van der Waals surface area (Å²) >= 11 is 6.02. The number of hydrogen-bond acceptors (Lipinski definition) is 1.